The zero-order valence-corrected chi connectivity index (χ0v) is 9.73. The number of ether oxygens (including phenoxy) is 2. The van der Waals surface area contributed by atoms with Gasteiger partial charge >= 0.3 is 0 Å². The first kappa shape index (κ1) is 10.8. The molecular formula is C11H11ClN2O2. The van der Waals surface area contributed by atoms with Crippen molar-refractivity contribution >= 4 is 11.6 Å². The Hall–Kier alpha value is -1.68. The number of benzene rings is 1. The van der Waals surface area contributed by atoms with E-state index in [9.17, 15) is 0 Å². The SMILES string of the molecule is COc1ccc(-n2nccc2Cl)cc1OC. The molecule has 0 spiro atoms. The van der Waals surface area contributed by atoms with E-state index in [0.717, 1.165) is 5.69 Å². The highest BCUT2D eigenvalue weighted by atomic mass is 35.5. The molecule has 0 aliphatic carbocycles. The van der Waals surface area contributed by atoms with E-state index in [1.807, 2.05) is 18.2 Å². The molecule has 1 aromatic carbocycles. The smallest absolute Gasteiger partial charge is 0.162 e. The second kappa shape index (κ2) is 4.45. The number of rotatable bonds is 3. The van der Waals surface area contributed by atoms with Gasteiger partial charge in [-0.3, -0.25) is 0 Å². The van der Waals surface area contributed by atoms with Gasteiger partial charge in [0, 0.05) is 6.07 Å². The minimum atomic E-state index is 0.548. The zero-order valence-electron chi connectivity index (χ0n) is 8.98. The van der Waals surface area contributed by atoms with Gasteiger partial charge < -0.3 is 9.47 Å². The van der Waals surface area contributed by atoms with E-state index in [1.165, 1.54) is 0 Å². The topological polar surface area (TPSA) is 36.3 Å². The third-order valence-corrected chi connectivity index (χ3v) is 2.49. The van der Waals surface area contributed by atoms with E-state index in [1.54, 1.807) is 31.2 Å². The van der Waals surface area contributed by atoms with E-state index in [4.69, 9.17) is 21.1 Å². The summed E-state index contributed by atoms with van der Waals surface area (Å²) in [7, 11) is 3.19. The lowest BCUT2D eigenvalue weighted by atomic mass is 10.3. The average molecular weight is 239 g/mol. The fourth-order valence-electron chi connectivity index (χ4n) is 1.43. The van der Waals surface area contributed by atoms with E-state index in [2.05, 4.69) is 5.10 Å². The van der Waals surface area contributed by atoms with Gasteiger partial charge in [-0.2, -0.15) is 5.10 Å². The molecule has 5 heteroatoms. The van der Waals surface area contributed by atoms with Crippen LogP contribution in [0.4, 0.5) is 0 Å². The number of methoxy groups -OCH3 is 2. The summed E-state index contributed by atoms with van der Waals surface area (Å²) in [5.41, 5.74) is 0.827. The highest BCUT2D eigenvalue weighted by molar-refractivity contribution is 6.29. The zero-order chi connectivity index (χ0) is 11.5. The van der Waals surface area contributed by atoms with E-state index < -0.39 is 0 Å². The first-order valence-corrected chi connectivity index (χ1v) is 5.06. The fraction of sp³-hybridized carbons (Fsp3) is 0.182. The van der Waals surface area contributed by atoms with Crippen molar-refractivity contribution in [2.75, 3.05) is 14.2 Å². The summed E-state index contributed by atoms with van der Waals surface area (Å²) in [6.45, 7) is 0. The average Bonchev–Trinajstić information content (AvgIpc) is 2.74. The first-order valence-electron chi connectivity index (χ1n) is 4.68. The molecule has 0 atom stereocenters. The van der Waals surface area contributed by atoms with Gasteiger partial charge in [-0.15, -0.1) is 0 Å². The summed E-state index contributed by atoms with van der Waals surface area (Å²) in [6.07, 6.45) is 1.64. The van der Waals surface area contributed by atoms with Gasteiger partial charge in [0.05, 0.1) is 26.1 Å². The molecule has 0 aliphatic rings. The van der Waals surface area contributed by atoms with Crippen LogP contribution in [0.2, 0.25) is 5.15 Å². The van der Waals surface area contributed by atoms with E-state index >= 15 is 0 Å². The van der Waals surface area contributed by atoms with E-state index in [0.29, 0.717) is 16.7 Å². The quantitative estimate of drug-likeness (QED) is 0.825. The summed E-state index contributed by atoms with van der Waals surface area (Å²) in [6, 6.07) is 7.21. The molecule has 2 aromatic rings. The molecule has 0 saturated heterocycles. The highest BCUT2D eigenvalue weighted by Crippen LogP contribution is 2.29. The van der Waals surface area contributed by atoms with Crippen molar-refractivity contribution in [1.29, 1.82) is 0 Å². The Kier molecular flexibility index (Phi) is 3.01. The lowest BCUT2D eigenvalue weighted by Crippen LogP contribution is -1.98. The molecule has 0 radical (unpaired) electrons. The Balaban J connectivity index is 2.48. The fourth-order valence-corrected chi connectivity index (χ4v) is 1.63. The number of aromatic nitrogens is 2. The Morgan fingerprint density at radius 2 is 1.88 bits per heavy atom. The van der Waals surface area contributed by atoms with Crippen molar-refractivity contribution in [2.45, 2.75) is 0 Å². The Bertz CT molecular complexity index is 496. The number of halogens is 1. The molecule has 0 unspecified atom stereocenters. The number of hydrogen-bond acceptors (Lipinski definition) is 3. The van der Waals surface area contributed by atoms with Gasteiger partial charge in [0.15, 0.2) is 11.5 Å². The summed E-state index contributed by atoms with van der Waals surface area (Å²) >= 11 is 5.97. The minimum Gasteiger partial charge on any atom is -0.493 e. The van der Waals surface area contributed by atoms with Gasteiger partial charge in [-0.25, -0.2) is 4.68 Å². The normalized spacial score (nSPS) is 10.2. The minimum absolute atomic E-state index is 0.548. The predicted molar refractivity (Wildman–Crippen MR) is 61.7 cm³/mol. The molecule has 0 fully saturated rings. The van der Waals surface area contributed by atoms with E-state index in [-0.39, 0.29) is 0 Å². The van der Waals surface area contributed by atoms with Crippen LogP contribution in [0.1, 0.15) is 0 Å². The van der Waals surface area contributed by atoms with Gasteiger partial charge in [0.1, 0.15) is 5.15 Å². The van der Waals surface area contributed by atoms with Crippen LogP contribution >= 0.6 is 11.6 Å². The second-order valence-corrected chi connectivity index (χ2v) is 3.49. The third-order valence-electron chi connectivity index (χ3n) is 2.21. The summed E-state index contributed by atoms with van der Waals surface area (Å²) < 4.78 is 12.0. The first-order chi connectivity index (χ1) is 7.76. The molecule has 84 valence electrons. The van der Waals surface area contributed by atoms with Crippen molar-refractivity contribution in [2.24, 2.45) is 0 Å². The molecule has 0 bridgehead atoms. The Morgan fingerprint density at radius 3 is 2.44 bits per heavy atom. The predicted octanol–water partition coefficient (Wildman–Crippen LogP) is 2.54. The third kappa shape index (κ3) is 1.84. The maximum Gasteiger partial charge on any atom is 0.162 e. The van der Waals surface area contributed by atoms with Crippen LogP contribution in [0, 0.1) is 0 Å². The van der Waals surface area contributed by atoms with Gasteiger partial charge in [0.25, 0.3) is 0 Å². The van der Waals surface area contributed by atoms with Crippen LogP contribution in [0.15, 0.2) is 30.5 Å². The van der Waals surface area contributed by atoms with Crippen molar-refractivity contribution in [3.05, 3.63) is 35.6 Å². The molecule has 0 saturated carbocycles. The summed E-state index contributed by atoms with van der Waals surface area (Å²) in [5, 5.41) is 4.65. The van der Waals surface area contributed by atoms with Gasteiger partial charge in [-0.1, -0.05) is 11.6 Å². The summed E-state index contributed by atoms with van der Waals surface area (Å²) in [5.74, 6) is 1.32. The molecule has 0 N–H and O–H groups in total. The Labute approximate surface area is 98.4 Å². The molecule has 4 nitrogen and oxygen atoms in total. The van der Waals surface area contributed by atoms with Crippen molar-refractivity contribution in [1.82, 2.24) is 9.78 Å². The van der Waals surface area contributed by atoms with Crippen LogP contribution in [0.3, 0.4) is 0 Å². The summed E-state index contributed by atoms with van der Waals surface area (Å²) in [4.78, 5) is 0. The lowest BCUT2D eigenvalue weighted by Gasteiger charge is -2.09. The standard InChI is InChI=1S/C11H11ClN2O2/c1-15-9-4-3-8(7-10(9)16-2)14-11(12)5-6-13-14/h3-7H,1-2H3. The number of nitrogens with zero attached hydrogens (tertiary/aromatic N) is 2. The van der Waals surface area contributed by atoms with Gasteiger partial charge in [0.2, 0.25) is 0 Å². The maximum absolute atomic E-state index is 5.97. The maximum atomic E-state index is 5.97. The monoisotopic (exact) mass is 238 g/mol. The van der Waals surface area contributed by atoms with Crippen LogP contribution in [-0.4, -0.2) is 24.0 Å². The number of hydrogen-bond donors (Lipinski definition) is 0. The Morgan fingerprint density at radius 1 is 1.12 bits per heavy atom. The molecule has 2 rings (SSSR count). The molecule has 1 heterocycles. The molecule has 0 amide bonds. The van der Waals surface area contributed by atoms with Crippen LogP contribution in [-0.2, 0) is 0 Å². The second-order valence-electron chi connectivity index (χ2n) is 3.11. The molecule has 16 heavy (non-hydrogen) atoms. The van der Waals surface area contributed by atoms with Crippen LogP contribution in [0.5, 0.6) is 11.5 Å². The van der Waals surface area contributed by atoms with Crippen molar-refractivity contribution < 1.29 is 9.47 Å². The van der Waals surface area contributed by atoms with Crippen molar-refractivity contribution in [3.8, 4) is 17.2 Å². The lowest BCUT2D eigenvalue weighted by molar-refractivity contribution is 0.355. The van der Waals surface area contributed by atoms with Gasteiger partial charge in [-0.05, 0) is 18.2 Å². The van der Waals surface area contributed by atoms with Crippen LogP contribution in [0.25, 0.3) is 5.69 Å². The highest BCUT2D eigenvalue weighted by Gasteiger charge is 2.07. The van der Waals surface area contributed by atoms with Crippen LogP contribution < -0.4 is 9.47 Å². The largest absolute Gasteiger partial charge is 0.493 e. The molecular weight excluding hydrogens is 228 g/mol. The molecule has 0 aliphatic heterocycles. The van der Waals surface area contributed by atoms with Crippen molar-refractivity contribution in [3.63, 3.8) is 0 Å². The molecule has 1 aromatic heterocycles.